The zero-order chi connectivity index (χ0) is 19.9. The molecule has 0 aromatic heterocycles. The van der Waals surface area contributed by atoms with Crippen LogP contribution in [0.1, 0.15) is 12.0 Å². The van der Waals surface area contributed by atoms with E-state index in [1.807, 2.05) is 0 Å². The molecule has 2 N–H and O–H groups in total. The first kappa shape index (κ1) is 19.7. The number of rotatable bonds is 5. The van der Waals surface area contributed by atoms with Gasteiger partial charge in [0.05, 0.1) is 13.2 Å². The van der Waals surface area contributed by atoms with E-state index in [9.17, 15) is 13.2 Å². The van der Waals surface area contributed by atoms with Gasteiger partial charge in [0.15, 0.2) is 17.5 Å². The Hall–Kier alpha value is -3.10. The zero-order valence-electron chi connectivity index (χ0n) is 15.2. The van der Waals surface area contributed by atoms with Crippen LogP contribution in [-0.2, 0) is 6.54 Å². The van der Waals surface area contributed by atoms with Gasteiger partial charge in [-0.25, -0.2) is 4.39 Å². The first-order chi connectivity index (χ1) is 13.6. The fourth-order valence-corrected chi connectivity index (χ4v) is 2.65. The molecule has 2 aromatic rings. The van der Waals surface area contributed by atoms with E-state index in [-0.39, 0.29) is 17.9 Å². The van der Waals surface area contributed by atoms with E-state index < -0.39 is 12.4 Å². The summed E-state index contributed by atoms with van der Waals surface area (Å²) in [5.74, 6) is 0.705. The summed E-state index contributed by atoms with van der Waals surface area (Å²) in [6, 6.07) is 9.10. The summed E-state index contributed by atoms with van der Waals surface area (Å²) >= 11 is 0. The summed E-state index contributed by atoms with van der Waals surface area (Å²) in [7, 11) is 1.54. The maximum Gasteiger partial charge on any atom is 0.387 e. The van der Waals surface area contributed by atoms with Crippen LogP contribution in [-0.4, -0.2) is 32.8 Å². The standard InChI is InChI=1S/C19H20F3N3O3/c1-23-19(24-11-13-14(20)4-2-5-15(13)28-18(21)22)25-12-6-7-16-17(10-12)27-9-3-8-26-16/h2,4-7,10,18H,3,8-9,11H2,1H3,(H2,23,24,25). The van der Waals surface area contributed by atoms with Crippen LogP contribution in [0.15, 0.2) is 41.4 Å². The van der Waals surface area contributed by atoms with Gasteiger partial charge < -0.3 is 24.8 Å². The lowest BCUT2D eigenvalue weighted by atomic mass is 10.2. The number of nitrogens with one attached hydrogen (secondary N) is 2. The summed E-state index contributed by atoms with van der Waals surface area (Å²) < 4.78 is 54.7. The molecule has 0 unspecified atom stereocenters. The van der Waals surface area contributed by atoms with Crippen molar-refractivity contribution in [1.82, 2.24) is 5.32 Å². The topological polar surface area (TPSA) is 64.1 Å². The number of aliphatic imine (C=N–C) groups is 1. The van der Waals surface area contributed by atoms with Gasteiger partial charge in [-0.15, -0.1) is 0 Å². The molecule has 2 aromatic carbocycles. The monoisotopic (exact) mass is 395 g/mol. The number of anilines is 1. The molecule has 0 saturated carbocycles. The number of halogens is 3. The van der Waals surface area contributed by atoms with Crippen molar-refractivity contribution in [2.75, 3.05) is 25.6 Å². The fourth-order valence-electron chi connectivity index (χ4n) is 2.65. The predicted molar refractivity (Wildman–Crippen MR) is 98.9 cm³/mol. The van der Waals surface area contributed by atoms with E-state index in [1.165, 1.54) is 25.2 Å². The molecule has 0 radical (unpaired) electrons. The van der Waals surface area contributed by atoms with Crippen LogP contribution in [0.4, 0.5) is 18.9 Å². The van der Waals surface area contributed by atoms with Crippen LogP contribution in [0, 0.1) is 5.82 Å². The number of guanidine groups is 1. The highest BCUT2D eigenvalue weighted by molar-refractivity contribution is 5.93. The van der Waals surface area contributed by atoms with Crippen molar-refractivity contribution in [3.8, 4) is 17.2 Å². The second kappa shape index (κ2) is 9.20. The maximum absolute atomic E-state index is 14.1. The highest BCUT2D eigenvalue weighted by atomic mass is 19.3. The van der Waals surface area contributed by atoms with Crippen molar-refractivity contribution in [2.45, 2.75) is 19.6 Å². The molecule has 1 aliphatic rings. The first-order valence-corrected chi connectivity index (χ1v) is 8.66. The summed E-state index contributed by atoms with van der Waals surface area (Å²) in [5, 5.41) is 5.92. The number of hydrogen-bond acceptors (Lipinski definition) is 4. The van der Waals surface area contributed by atoms with Crippen molar-refractivity contribution in [3.63, 3.8) is 0 Å². The number of ether oxygens (including phenoxy) is 3. The molecular formula is C19H20F3N3O3. The predicted octanol–water partition coefficient (Wildman–Crippen LogP) is 3.78. The largest absolute Gasteiger partial charge is 0.490 e. The minimum atomic E-state index is -3.04. The van der Waals surface area contributed by atoms with Crippen molar-refractivity contribution >= 4 is 11.6 Å². The van der Waals surface area contributed by atoms with Gasteiger partial charge in [0, 0.05) is 37.3 Å². The number of fused-ring (bicyclic) bond motifs is 1. The van der Waals surface area contributed by atoms with Gasteiger partial charge in [0.1, 0.15) is 11.6 Å². The van der Waals surface area contributed by atoms with Crippen LogP contribution in [0.5, 0.6) is 17.2 Å². The van der Waals surface area contributed by atoms with Gasteiger partial charge in [0.2, 0.25) is 0 Å². The Morgan fingerprint density at radius 2 is 1.96 bits per heavy atom. The molecular weight excluding hydrogens is 375 g/mol. The molecule has 0 atom stereocenters. The van der Waals surface area contributed by atoms with Gasteiger partial charge in [-0.1, -0.05) is 6.07 Å². The van der Waals surface area contributed by atoms with Crippen molar-refractivity contribution in [3.05, 3.63) is 47.8 Å². The summed E-state index contributed by atoms with van der Waals surface area (Å²) in [6.07, 6.45) is 0.798. The minimum Gasteiger partial charge on any atom is -0.490 e. The highest BCUT2D eigenvalue weighted by Gasteiger charge is 2.15. The molecule has 0 bridgehead atoms. The molecule has 6 nitrogen and oxygen atoms in total. The van der Waals surface area contributed by atoms with Crippen LogP contribution in [0.3, 0.4) is 0 Å². The smallest absolute Gasteiger partial charge is 0.387 e. The summed E-state index contributed by atoms with van der Waals surface area (Å²) in [6.45, 7) is -1.99. The minimum absolute atomic E-state index is 0.0237. The quantitative estimate of drug-likeness (QED) is 0.596. The van der Waals surface area contributed by atoms with Gasteiger partial charge in [0.25, 0.3) is 0 Å². The van der Waals surface area contributed by atoms with Crippen molar-refractivity contribution in [1.29, 1.82) is 0 Å². The van der Waals surface area contributed by atoms with Crippen molar-refractivity contribution in [2.24, 2.45) is 4.99 Å². The normalized spacial score (nSPS) is 13.8. The highest BCUT2D eigenvalue weighted by Crippen LogP contribution is 2.32. The molecule has 28 heavy (non-hydrogen) atoms. The Bertz CT molecular complexity index is 846. The molecule has 0 aliphatic carbocycles. The zero-order valence-corrected chi connectivity index (χ0v) is 15.2. The molecule has 0 saturated heterocycles. The van der Waals surface area contributed by atoms with E-state index in [1.54, 1.807) is 18.2 Å². The number of alkyl halides is 2. The molecule has 3 rings (SSSR count). The molecule has 0 amide bonds. The second-order valence-corrected chi connectivity index (χ2v) is 5.86. The van der Waals surface area contributed by atoms with Crippen molar-refractivity contribution < 1.29 is 27.4 Å². The summed E-state index contributed by atoms with van der Waals surface area (Å²) in [4.78, 5) is 4.06. The lowest BCUT2D eigenvalue weighted by Gasteiger charge is -2.16. The van der Waals surface area contributed by atoms with Crippen LogP contribution < -0.4 is 24.8 Å². The third-order valence-electron chi connectivity index (χ3n) is 3.96. The number of hydrogen-bond donors (Lipinski definition) is 2. The Morgan fingerprint density at radius 1 is 1.18 bits per heavy atom. The molecule has 0 spiro atoms. The molecule has 9 heteroatoms. The average Bonchev–Trinajstić information content (AvgIpc) is 2.91. The van der Waals surface area contributed by atoms with E-state index >= 15 is 0 Å². The average molecular weight is 395 g/mol. The number of nitrogens with zero attached hydrogens (tertiary/aromatic N) is 1. The SMILES string of the molecule is CN=C(NCc1c(F)cccc1OC(F)F)Nc1ccc2c(c1)OCCCO2. The fraction of sp³-hybridized carbons (Fsp3) is 0.316. The van der Waals surface area contributed by atoms with Crippen LogP contribution in [0.25, 0.3) is 0 Å². The Morgan fingerprint density at radius 3 is 2.71 bits per heavy atom. The lowest BCUT2D eigenvalue weighted by molar-refractivity contribution is -0.0506. The second-order valence-electron chi connectivity index (χ2n) is 5.86. The molecule has 150 valence electrons. The molecule has 0 fully saturated rings. The van der Waals surface area contributed by atoms with Crippen LogP contribution >= 0.6 is 0 Å². The third-order valence-corrected chi connectivity index (χ3v) is 3.96. The van der Waals surface area contributed by atoms with Gasteiger partial charge in [-0.2, -0.15) is 8.78 Å². The molecule has 1 heterocycles. The third kappa shape index (κ3) is 4.99. The maximum atomic E-state index is 14.1. The first-order valence-electron chi connectivity index (χ1n) is 8.66. The van der Waals surface area contributed by atoms with E-state index in [4.69, 9.17) is 9.47 Å². The Labute approximate surface area is 160 Å². The van der Waals surface area contributed by atoms with Crippen LogP contribution in [0.2, 0.25) is 0 Å². The Balaban J connectivity index is 1.69. The van der Waals surface area contributed by atoms with E-state index in [0.29, 0.717) is 36.4 Å². The molecule has 1 aliphatic heterocycles. The van der Waals surface area contributed by atoms with E-state index in [0.717, 1.165) is 6.42 Å². The van der Waals surface area contributed by atoms with Gasteiger partial charge in [-0.05, 0) is 24.3 Å². The van der Waals surface area contributed by atoms with E-state index in [2.05, 4.69) is 20.4 Å². The summed E-state index contributed by atoms with van der Waals surface area (Å²) in [5.41, 5.74) is 0.652. The lowest BCUT2D eigenvalue weighted by Crippen LogP contribution is -2.30. The van der Waals surface area contributed by atoms with Gasteiger partial charge in [-0.3, -0.25) is 4.99 Å². The van der Waals surface area contributed by atoms with Gasteiger partial charge >= 0.3 is 6.61 Å². The number of benzene rings is 2. The Kier molecular flexibility index (Phi) is 6.46.